The van der Waals surface area contributed by atoms with Crippen LogP contribution >= 0.6 is 0 Å². The molecule has 1 N–H and O–H groups in total. The summed E-state index contributed by atoms with van der Waals surface area (Å²) in [7, 11) is 3.08. The molecular formula is C18H27NO6. The number of hydrogen-bond acceptors (Lipinski definition) is 6. The number of hydrogen-bond donors (Lipinski definition) is 1. The number of nitrogens with zero attached hydrogens (tertiary/aromatic N) is 1. The Balaban J connectivity index is 2.59. The van der Waals surface area contributed by atoms with Gasteiger partial charge in [0.2, 0.25) is 0 Å². The lowest BCUT2D eigenvalue weighted by molar-refractivity contribution is -0.166. The van der Waals surface area contributed by atoms with Gasteiger partial charge in [0.05, 0.1) is 18.4 Å². The van der Waals surface area contributed by atoms with Crippen LogP contribution in [-0.4, -0.2) is 48.2 Å². The molecular weight excluding hydrogens is 326 g/mol. The molecule has 2 atom stereocenters. The summed E-state index contributed by atoms with van der Waals surface area (Å²) in [6.45, 7) is 5.28. The Morgan fingerprint density at radius 2 is 1.96 bits per heavy atom. The quantitative estimate of drug-likeness (QED) is 0.426. The maximum atomic E-state index is 13.0. The molecule has 0 amide bonds. The predicted molar refractivity (Wildman–Crippen MR) is 89.3 cm³/mol. The Morgan fingerprint density at radius 3 is 2.44 bits per heavy atom. The molecule has 2 rings (SSSR count). The third kappa shape index (κ3) is 3.17. The summed E-state index contributed by atoms with van der Waals surface area (Å²) in [5.41, 5.74) is -1.93. The van der Waals surface area contributed by atoms with Gasteiger partial charge in [-0.3, -0.25) is 14.7 Å². The molecule has 0 saturated heterocycles. The van der Waals surface area contributed by atoms with E-state index in [-0.39, 0.29) is 5.57 Å². The minimum atomic E-state index is -1.19. The van der Waals surface area contributed by atoms with Crippen molar-refractivity contribution in [2.24, 2.45) is 10.8 Å². The molecule has 0 aliphatic heterocycles. The Labute approximate surface area is 147 Å². The highest BCUT2D eigenvalue weighted by Gasteiger charge is 2.66. The van der Waals surface area contributed by atoms with Gasteiger partial charge in [-0.1, -0.05) is 0 Å². The first-order chi connectivity index (χ1) is 11.5. The summed E-state index contributed by atoms with van der Waals surface area (Å²) in [6, 6.07) is 0. The van der Waals surface area contributed by atoms with Gasteiger partial charge in [-0.25, -0.2) is 4.79 Å². The third-order valence-corrected chi connectivity index (χ3v) is 5.22. The Kier molecular flexibility index (Phi) is 5.01. The molecule has 1 fully saturated rings. The molecule has 0 aromatic rings. The standard InChI is InChI=1S/C18H27NO6/c1-16(2,3)25-15(23)18-9-8-17(11-18,7-6-10-20)13(19(4)24-5)12(18)14(21)22/h10H,6-9,11H2,1-5H3,(H,21,22). The van der Waals surface area contributed by atoms with E-state index in [2.05, 4.69) is 0 Å². The normalized spacial score (nSPS) is 28.2. The van der Waals surface area contributed by atoms with E-state index in [1.807, 2.05) is 0 Å². The predicted octanol–water partition coefficient (Wildman–Crippen LogP) is 2.31. The maximum Gasteiger partial charge on any atom is 0.334 e. The number of allylic oxidation sites excluding steroid dienone is 1. The highest BCUT2D eigenvalue weighted by molar-refractivity contribution is 6.00. The summed E-state index contributed by atoms with van der Waals surface area (Å²) < 4.78 is 5.57. The fourth-order valence-electron chi connectivity index (χ4n) is 4.32. The molecule has 0 radical (unpaired) electrons. The zero-order chi connectivity index (χ0) is 19.0. The van der Waals surface area contributed by atoms with Gasteiger partial charge in [0, 0.05) is 18.9 Å². The molecule has 1 saturated carbocycles. The number of carbonyl (C=O) groups excluding carboxylic acids is 2. The van der Waals surface area contributed by atoms with Crippen molar-refractivity contribution in [3.8, 4) is 0 Å². The van der Waals surface area contributed by atoms with Crippen molar-refractivity contribution in [2.45, 2.75) is 58.5 Å². The lowest BCUT2D eigenvalue weighted by Crippen LogP contribution is -2.39. The molecule has 7 nitrogen and oxygen atoms in total. The second kappa shape index (κ2) is 6.44. The number of aldehydes is 1. The maximum absolute atomic E-state index is 13.0. The van der Waals surface area contributed by atoms with Gasteiger partial charge in [-0.05, 0) is 46.5 Å². The van der Waals surface area contributed by atoms with Crippen molar-refractivity contribution in [2.75, 3.05) is 14.2 Å². The van der Waals surface area contributed by atoms with Gasteiger partial charge in [0.1, 0.15) is 17.3 Å². The lowest BCUT2D eigenvalue weighted by atomic mass is 9.77. The van der Waals surface area contributed by atoms with Crippen molar-refractivity contribution in [3.63, 3.8) is 0 Å². The molecule has 2 bridgehead atoms. The summed E-state index contributed by atoms with van der Waals surface area (Å²) in [4.78, 5) is 41.3. The van der Waals surface area contributed by atoms with E-state index in [4.69, 9.17) is 9.57 Å². The average molecular weight is 353 g/mol. The molecule has 2 aliphatic carbocycles. The van der Waals surface area contributed by atoms with Crippen molar-refractivity contribution < 1.29 is 29.1 Å². The molecule has 25 heavy (non-hydrogen) atoms. The number of carbonyl (C=O) groups is 3. The molecule has 7 heteroatoms. The van der Waals surface area contributed by atoms with E-state index in [0.717, 1.165) is 6.29 Å². The van der Waals surface area contributed by atoms with E-state index in [9.17, 15) is 19.5 Å². The summed E-state index contributed by atoms with van der Waals surface area (Å²) >= 11 is 0. The highest BCUT2D eigenvalue weighted by Crippen LogP contribution is 2.67. The van der Waals surface area contributed by atoms with Crippen LogP contribution in [0.25, 0.3) is 0 Å². The topological polar surface area (TPSA) is 93.1 Å². The van der Waals surface area contributed by atoms with Crippen LogP contribution in [0.5, 0.6) is 0 Å². The van der Waals surface area contributed by atoms with Crippen LogP contribution in [0.1, 0.15) is 52.9 Å². The number of carboxylic acids is 1. The van der Waals surface area contributed by atoms with Crippen LogP contribution < -0.4 is 0 Å². The number of hydroxylamine groups is 2. The second-order valence-corrected chi connectivity index (χ2v) is 7.96. The number of carboxylic acid groups (broad SMARTS) is 1. The Bertz CT molecular complexity index is 620. The van der Waals surface area contributed by atoms with Crippen molar-refractivity contribution >= 4 is 18.2 Å². The van der Waals surface area contributed by atoms with Gasteiger partial charge in [0.15, 0.2) is 0 Å². The molecule has 140 valence electrons. The fourth-order valence-corrected chi connectivity index (χ4v) is 4.32. The van der Waals surface area contributed by atoms with Gasteiger partial charge in [-0.2, -0.15) is 0 Å². The monoisotopic (exact) mass is 353 g/mol. The third-order valence-electron chi connectivity index (χ3n) is 5.22. The first-order valence-corrected chi connectivity index (χ1v) is 8.46. The van der Waals surface area contributed by atoms with Crippen LogP contribution in [0.15, 0.2) is 11.3 Å². The number of aliphatic carboxylic acids is 1. The zero-order valence-electron chi connectivity index (χ0n) is 15.5. The van der Waals surface area contributed by atoms with Crippen LogP contribution in [0.3, 0.4) is 0 Å². The zero-order valence-corrected chi connectivity index (χ0v) is 15.5. The lowest BCUT2D eigenvalue weighted by Gasteiger charge is -2.36. The van der Waals surface area contributed by atoms with Gasteiger partial charge in [-0.15, -0.1) is 0 Å². The van der Waals surface area contributed by atoms with Crippen molar-refractivity contribution in [1.82, 2.24) is 5.06 Å². The van der Waals surface area contributed by atoms with E-state index >= 15 is 0 Å². The molecule has 2 unspecified atom stereocenters. The number of rotatable bonds is 7. The first-order valence-electron chi connectivity index (χ1n) is 8.46. The minimum Gasteiger partial charge on any atom is -0.478 e. The van der Waals surface area contributed by atoms with Crippen LogP contribution in [-0.2, 0) is 24.0 Å². The Hall–Kier alpha value is -1.89. The molecule has 0 heterocycles. The van der Waals surface area contributed by atoms with Crippen LogP contribution in [0, 0.1) is 10.8 Å². The highest BCUT2D eigenvalue weighted by atomic mass is 16.7. The van der Waals surface area contributed by atoms with Crippen LogP contribution in [0.4, 0.5) is 0 Å². The molecule has 0 aromatic heterocycles. The molecule has 0 aromatic carbocycles. The van der Waals surface area contributed by atoms with Gasteiger partial charge < -0.3 is 14.6 Å². The Morgan fingerprint density at radius 1 is 1.32 bits per heavy atom. The molecule has 2 aliphatic rings. The van der Waals surface area contributed by atoms with E-state index in [1.54, 1.807) is 27.8 Å². The SMILES string of the molecule is CON(C)C1=C(C(=O)O)C2(C(=O)OC(C)(C)C)CCC1(CCC=O)C2. The fraction of sp³-hybridized carbons (Fsp3) is 0.722. The number of ether oxygens (including phenoxy) is 1. The minimum absolute atomic E-state index is 0.0447. The van der Waals surface area contributed by atoms with Gasteiger partial charge in [0.25, 0.3) is 0 Å². The molecule has 0 spiro atoms. The van der Waals surface area contributed by atoms with Crippen LogP contribution in [0.2, 0.25) is 0 Å². The average Bonchev–Trinajstić information content (AvgIpc) is 3.03. The smallest absolute Gasteiger partial charge is 0.334 e. The van der Waals surface area contributed by atoms with Crippen molar-refractivity contribution in [3.05, 3.63) is 11.3 Å². The van der Waals surface area contributed by atoms with Crippen molar-refractivity contribution in [1.29, 1.82) is 0 Å². The van der Waals surface area contributed by atoms with Gasteiger partial charge >= 0.3 is 11.9 Å². The first kappa shape index (κ1) is 19.4. The summed E-state index contributed by atoms with van der Waals surface area (Å²) in [5, 5.41) is 11.3. The number of fused-ring (bicyclic) bond motifs is 2. The van der Waals surface area contributed by atoms with E-state index in [0.29, 0.717) is 37.8 Å². The largest absolute Gasteiger partial charge is 0.478 e. The van der Waals surface area contributed by atoms with E-state index < -0.39 is 28.4 Å². The second-order valence-electron chi connectivity index (χ2n) is 7.96. The number of esters is 1. The van der Waals surface area contributed by atoms with E-state index in [1.165, 1.54) is 12.2 Å². The summed E-state index contributed by atoms with van der Waals surface area (Å²) in [5.74, 6) is -1.65. The summed E-state index contributed by atoms with van der Waals surface area (Å²) in [6.07, 6.45) is 2.99.